The van der Waals surface area contributed by atoms with E-state index in [1.165, 1.54) is 43.4 Å². The first-order valence-corrected chi connectivity index (χ1v) is 13.5. The van der Waals surface area contributed by atoms with E-state index in [2.05, 4.69) is 101 Å². The van der Waals surface area contributed by atoms with Crippen LogP contribution in [0.1, 0.15) is 0 Å². The number of aromatic amines is 1. The predicted octanol–water partition coefficient (Wildman–Crippen LogP) is 6.52. The molecule has 1 unspecified atom stereocenters. The maximum Gasteiger partial charge on any atom is 0.138 e. The molecule has 0 radical (unpaired) electrons. The highest BCUT2D eigenvalue weighted by molar-refractivity contribution is 7.77. The number of allylic oxidation sites excluding steroid dienone is 1. The topological polar surface area (TPSA) is 53.9 Å². The Labute approximate surface area is 208 Å². The minimum absolute atomic E-state index is 0.924. The number of aromatic nitrogens is 3. The minimum Gasteiger partial charge on any atom is -0.364 e. The van der Waals surface area contributed by atoms with E-state index in [4.69, 9.17) is 9.97 Å². The first kappa shape index (κ1) is 19.9. The second-order valence-corrected chi connectivity index (χ2v) is 11.7. The normalized spacial score (nSPS) is 14.1. The lowest BCUT2D eigenvalue weighted by Gasteiger charge is -2.12. The molecule has 1 atom stereocenters. The van der Waals surface area contributed by atoms with Gasteiger partial charge in [0.15, 0.2) is 0 Å². The van der Waals surface area contributed by atoms with Crippen molar-refractivity contribution in [1.29, 1.82) is 0 Å². The van der Waals surface area contributed by atoms with Crippen LogP contribution in [0.3, 0.4) is 0 Å². The maximum absolute atomic E-state index is 5.12. The fourth-order valence-corrected chi connectivity index (χ4v) is 7.82. The van der Waals surface area contributed by atoms with Gasteiger partial charge in [-0.15, -0.1) is 0 Å². The Kier molecular flexibility index (Phi) is 4.16. The summed E-state index contributed by atoms with van der Waals surface area (Å²) in [7, 11) is -1.02. The summed E-state index contributed by atoms with van der Waals surface area (Å²) in [6.45, 7) is 0. The molecule has 4 aromatic carbocycles. The Hall–Kier alpha value is -4.40. The molecule has 36 heavy (non-hydrogen) atoms. The van der Waals surface area contributed by atoms with E-state index in [9.17, 15) is 0 Å². The SMILES string of the molecule is C1=NC=C1[PH+](c1ccc(-c2ccc3nc4c(nc3c2)-c2cccc3cccc-4c23)cc1)c1cc[nH]c1. The van der Waals surface area contributed by atoms with Gasteiger partial charge in [-0.05, 0) is 46.8 Å². The lowest BCUT2D eigenvalue weighted by Crippen LogP contribution is -2.14. The number of H-pyrrole nitrogens is 1. The van der Waals surface area contributed by atoms with Gasteiger partial charge in [0.05, 0.1) is 34.8 Å². The van der Waals surface area contributed by atoms with Crippen LogP contribution in [0.2, 0.25) is 0 Å². The molecule has 3 heterocycles. The molecule has 2 aliphatic rings. The van der Waals surface area contributed by atoms with Crippen molar-refractivity contribution in [3.63, 3.8) is 0 Å². The van der Waals surface area contributed by atoms with Gasteiger partial charge in [-0.2, -0.15) is 0 Å². The van der Waals surface area contributed by atoms with Gasteiger partial charge in [-0.3, -0.25) is 4.99 Å². The van der Waals surface area contributed by atoms with Crippen molar-refractivity contribution in [2.24, 2.45) is 4.99 Å². The smallest absolute Gasteiger partial charge is 0.138 e. The number of rotatable bonds is 4. The first-order valence-electron chi connectivity index (χ1n) is 12.0. The molecule has 1 aliphatic carbocycles. The molecule has 168 valence electrons. The molecule has 0 saturated heterocycles. The monoisotopic (exact) mass is 479 g/mol. The summed E-state index contributed by atoms with van der Waals surface area (Å²) < 4.78 is 0. The van der Waals surface area contributed by atoms with Crippen LogP contribution in [-0.4, -0.2) is 21.2 Å². The van der Waals surface area contributed by atoms with Crippen LogP contribution in [0.25, 0.3) is 55.4 Å². The molecule has 1 aliphatic heterocycles. The Morgan fingerprint density at radius 3 is 2.06 bits per heavy atom. The van der Waals surface area contributed by atoms with E-state index < -0.39 is 7.92 Å². The summed E-state index contributed by atoms with van der Waals surface area (Å²) >= 11 is 0. The third-order valence-electron chi connectivity index (χ3n) is 7.19. The van der Waals surface area contributed by atoms with E-state index in [0.717, 1.165) is 28.0 Å². The molecule has 0 saturated carbocycles. The van der Waals surface area contributed by atoms with Crippen LogP contribution in [0.5, 0.6) is 0 Å². The predicted molar refractivity (Wildman–Crippen MR) is 152 cm³/mol. The summed E-state index contributed by atoms with van der Waals surface area (Å²) in [6, 6.07) is 30.4. The molecule has 0 bridgehead atoms. The molecule has 0 amide bonds. The van der Waals surface area contributed by atoms with Gasteiger partial charge < -0.3 is 4.98 Å². The Balaban J connectivity index is 1.20. The van der Waals surface area contributed by atoms with Crippen LogP contribution in [0.4, 0.5) is 0 Å². The molecule has 1 N–H and O–H groups in total. The molecule has 4 nitrogen and oxygen atoms in total. The molecule has 5 heteroatoms. The molecular formula is C31H20N4P+. The second kappa shape index (κ2) is 7.55. The highest BCUT2D eigenvalue weighted by Gasteiger charge is 2.30. The van der Waals surface area contributed by atoms with Crippen molar-refractivity contribution >= 4 is 46.6 Å². The van der Waals surface area contributed by atoms with Crippen molar-refractivity contribution in [3.8, 4) is 33.6 Å². The Bertz CT molecular complexity index is 1880. The van der Waals surface area contributed by atoms with Crippen LogP contribution < -0.4 is 10.6 Å². The molecular weight excluding hydrogens is 459 g/mol. The Morgan fingerprint density at radius 2 is 1.39 bits per heavy atom. The van der Waals surface area contributed by atoms with Gasteiger partial charge in [0, 0.05) is 28.9 Å². The van der Waals surface area contributed by atoms with Gasteiger partial charge in [-0.1, -0.05) is 54.6 Å². The first-order chi connectivity index (χ1) is 17.8. The van der Waals surface area contributed by atoms with Crippen LogP contribution >= 0.6 is 7.92 Å². The largest absolute Gasteiger partial charge is 0.364 e. The number of nitrogens with zero attached hydrogens (tertiary/aromatic N) is 3. The molecule has 2 aromatic heterocycles. The highest BCUT2D eigenvalue weighted by Crippen LogP contribution is 2.46. The second-order valence-electron chi connectivity index (χ2n) is 9.25. The van der Waals surface area contributed by atoms with Gasteiger partial charge in [0.25, 0.3) is 0 Å². The van der Waals surface area contributed by atoms with Gasteiger partial charge >= 0.3 is 0 Å². The third-order valence-corrected chi connectivity index (χ3v) is 9.82. The highest BCUT2D eigenvalue weighted by atomic mass is 31.1. The van der Waals surface area contributed by atoms with Gasteiger partial charge in [0.2, 0.25) is 0 Å². The maximum atomic E-state index is 5.12. The zero-order valence-corrected chi connectivity index (χ0v) is 20.2. The van der Waals surface area contributed by atoms with Gasteiger partial charge in [0.1, 0.15) is 23.8 Å². The van der Waals surface area contributed by atoms with E-state index in [0.29, 0.717) is 0 Å². The zero-order chi connectivity index (χ0) is 23.6. The molecule has 0 spiro atoms. The summed E-state index contributed by atoms with van der Waals surface area (Å²) in [4.78, 5) is 17.6. The van der Waals surface area contributed by atoms with Crippen molar-refractivity contribution in [1.82, 2.24) is 15.0 Å². The standard InChI is InChI=1S/C31H19N4P/c1-3-20-4-2-6-26-29(20)25(5-1)30-31(26)35-28-15-21(9-12-27(28)34-30)19-7-10-22(11-8-19)36(24-17-33-18-24)23-13-14-32-16-23/h1-18,32H/p+1. The number of nitrogens with one attached hydrogen (secondary N) is 1. The lowest BCUT2D eigenvalue weighted by molar-refractivity contribution is 1.32. The summed E-state index contributed by atoms with van der Waals surface area (Å²) in [5.41, 5.74) is 8.50. The average molecular weight is 480 g/mol. The molecule has 6 aromatic rings. The van der Waals surface area contributed by atoms with Crippen molar-refractivity contribution in [3.05, 3.63) is 109 Å². The van der Waals surface area contributed by atoms with Gasteiger partial charge in [-0.25, -0.2) is 9.97 Å². The summed E-state index contributed by atoms with van der Waals surface area (Å²) in [5.74, 6) is 0. The number of hydrogen-bond acceptors (Lipinski definition) is 3. The summed E-state index contributed by atoms with van der Waals surface area (Å²) in [5, 5.41) is 6.52. The van der Waals surface area contributed by atoms with Crippen molar-refractivity contribution < 1.29 is 0 Å². The van der Waals surface area contributed by atoms with E-state index in [1.807, 2.05) is 18.6 Å². The third kappa shape index (κ3) is 2.89. The fourth-order valence-electron chi connectivity index (χ4n) is 5.43. The number of hydrogen-bond donors (Lipinski definition) is 1. The number of aliphatic imine (C=N–C) groups is 1. The lowest BCUT2D eigenvalue weighted by atomic mass is 10.0. The zero-order valence-electron chi connectivity index (χ0n) is 19.2. The fraction of sp³-hybridized carbons (Fsp3) is 0. The van der Waals surface area contributed by atoms with E-state index in [-0.39, 0.29) is 0 Å². The van der Waals surface area contributed by atoms with E-state index >= 15 is 0 Å². The number of benzene rings is 4. The average Bonchev–Trinajstić information content (AvgIpc) is 3.53. The summed E-state index contributed by atoms with van der Waals surface area (Å²) in [6.07, 6.45) is 8.09. The van der Waals surface area contributed by atoms with Crippen molar-refractivity contribution in [2.75, 3.05) is 0 Å². The van der Waals surface area contributed by atoms with Crippen LogP contribution in [0, 0.1) is 0 Å². The van der Waals surface area contributed by atoms with Crippen molar-refractivity contribution in [2.45, 2.75) is 0 Å². The quantitative estimate of drug-likeness (QED) is 0.292. The molecule has 8 rings (SSSR count). The Morgan fingerprint density at radius 1 is 0.667 bits per heavy atom. The number of fused-ring (bicyclic) bond motifs is 4. The van der Waals surface area contributed by atoms with Crippen LogP contribution in [-0.2, 0) is 0 Å². The molecule has 0 fully saturated rings. The minimum atomic E-state index is -1.02. The van der Waals surface area contributed by atoms with E-state index in [1.54, 1.807) is 0 Å². The van der Waals surface area contributed by atoms with Crippen LogP contribution in [0.15, 0.2) is 114 Å².